The molecule has 2 saturated heterocycles. The predicted molar refractivity (Wildman–Crippen MR) is 111 cm³/mol. The molecule has 1 atom stereocenters. The Balaban J connectivity index is 1.23. The van der Waals surface area contributed by atoms with Crippen molar-refractivity contribution in [3.05, 3.63) is 53.8 Å². The molecule has 0 bridgehead atoms. The van der Waals surface area contributed by atoms with Crippen molar-refractivity contribution in [3.8, 4) is 0 Å². The molecule has 1 amide bonds. The zero-order chi connectivity index (χ0) is 20.6. The number of ether oxygens (including phenoxy) is 1. The van der Waals surface area contributed by atoms with Crippen LogP contribution in [0.3, 0.4) is 0 Å². The fourth-order valence-corrected chi connectivity index (χ4v) is 4.79. The highest BCUT2D eigenvalue weighted by molar-refractivity contribution is 5.95. The number of fused-ring (bicyclic) bond motifs is 1. The molecular formula is C23H26N4O3. The summed E-state index contributed by atoms with van der Waals surface area (Å²) in [5, 5.41) is 4.94. The van der Waals surface area contributed by atoms with E-state index in [0.29, 0.717) is 36.4 Å². The summed E-state index contributed by atoms with van der Waals surface area (Å²) < 4.78 is 11.6. The van der Waals surface area contributed by atoms with Gasteiger partial charge in [-0.25, -0.2) is 4.98 Å². The third-order valence-corrected chi connectivity index (χ3v) is 6.41. The zero-order valence-electron chi connectivity index (χ0n) is 17.2. The van der Waals surface area contributed by atoms with Crippen LogP contribution in [-0.2, 0) is 11.2 Å². The highest BCUT2D eigenvalue weighted by Crippen LogP contribution is 2.39. The summed E-state index contributed by atoms with van der Waals surface area (Å²) in [4.78, 5) is 23.9. The molecule has 7 nitrogen and oxygen atoms in total. The lowest BCUT2D eigenvalue weighted by Gasteiger charge is -2.46. The first-order valence-electron chi connectivity index (χ1n) is 10.7. The van der Waals surface area contributed by atoms with Crippen LogP contribution in [0.1, 0.15) is 47.9 Å². The van der Waals surface area contributed by atoms with Crippen molar-refractivity contribution < 1.29 is 14.1 Å². The van der Waals surface area contributed by atoms with Gasteiger partial charge in [0, 0.05) is 31.5 Å². The average molecular weight is 406 g/mol. The Morgan fingerprint density at radius 1 is 1.17 bits per heavy atom. The molecular weight excluding hydrogens is 380 g/mol. The number of amides is 1. The van der Waals surface area contributed by atoms with Gasteiger partial charge in [-0.05, 0) is 50.7 Å². The van der Waals surface area contributed by atoms with Crippen LogP contribution in [0, 0.1) is 12.8 Å². The van der Waals surface area contributed by atoms with Gasteiger partial charge in [0.2, 0.25) is 5.89 Å². The van der Waals surface area contributed by atoms with Crippen molar-refractivity contribution in [2.24, 2.45) is 5.92 Å². The van der Waals surface area contributed by atoms with Gasteiger partial charge in [0.1, 0.15) is 5.69 Å². The number of carbonyl (C=O) groups is 1. The van der Waals surface area contributed by atoms with E-state index in [4.69, 9.17) is 9.26 Å². The first-order chi connectivity index (χ1) is 14.6. The van der Waals surface area contributed by atoms with Gasteiger partial charge < -0.3 is 14.2 Å². The molecule has 7 heteroatoms. The summed E-state index contributed by atoms with van der Waals surface area (Å²) in [7, 11) is 0. The molecule has 4 heterocycles. The number of rotatable bonds is 3. The number of hydrogen-bond acceptors (Lipinski definition) is 6. The third kappa shape index (κ3) is 3.81. The van der Waals surface area contributed by atoms with Crippen molar-refractivity contribution in [1.82, 2.24) is 20.0 Å². The van der Waals surface area contributed by atoms with Gasteiger partial charge in [-0.1, -0.05) is 29.4 Å². The van der Waals surface area contributed by atoms with E-state index in [1.54, 1.807) is 0 Å². The molecule has 0 unspecified atom stereocenters. The normalized spacial score (nSPS) is 21.2. The molecule has 156 valence electrons. The molecule has 2 aromatic heterocycles. The van der Waals surface area contributed by atoms with E-state index in [0.717, 1.165) is 49.6 Å². The Bertz CT molecular complexity index is 1060. The highest BCUT2D eigenvalue weighted by atomic mass is 16.5. The topological polar surface area (TPSA) is 81.4 Å². The maximum atomic E-state index is 13.0. The minimum atomic E-state index is -0.147. The van der Waals surface area contributed by atoms with Gasteiger partial charge in [-0.3, -0.25) is 4.79 Å². The number of carbonyl (C=O) groups excluding carboxylic acids is 1. The fraction of sp³-hybridized carbons (Fsp3) is 0.478. The number of pyridine rings is 1. The van der Waals surface area contributed by atoms with Crippen LogP contribution in [0.5, 0.6) is 0 Å². The Morgan fingerprint density at radius 3 is 2.80 bits per heavy atom. The number of hydrogen-bond donors (Lipinski definition) is 0. The average Bonchev–Trinajstić information content (AvgIpc) is 3.18. The molecule has 2 aliphatic heterocycles. The molecule has 3 aromatic rings. The van der Waals surface area contributed by atoms with Crippen LogP contribution < -0.4 is 0 Å². The summed E-state index contributed by atoms with van der Waals surface area (Å²) >= 11 is 0. The van der Waals surface area contributed by atoms with E-state index in [9.17, 15) is 4.79 Å². The smallest absolute Gasteiger partial charge is 0.272 e. The Kier molecular flexibility index (Phi) is 4.98. The van der Waals surface area contributed by atoms with Crippen molar-refractivity contribution in [2.45, 2.75) is 44.6 Å². The molecule has 5 rings (SSSR count). The Morgan fingerprint density at radius 2 is 2.00 bits per heavy atom. The number of aryl methyl sites for hydroxylation is 1. The summed E-state index contributed by atoms with van der Waals surface area (Å²) in [5.74, 6) is 1.87. The van der Waals surface area contributed by atoms with Gasteiger partial charge in [0.25, 0.3) is 5.91 Å². The van der Waals surface area contributed by atoms with Gasteiger partial charge in [0.05, 0.1) is 11.1 Å². The molecule has 0 radical (unpaired) electrons. The lowest BCUT2D eigenvalue weighted by molar-refractivity contribution is -0.124. The van der Waals surface area contributed by atoms with Crippen LogP contribution in [0.2, 0.25) is 0 Å². The van der Waals surface area contributed by atoms with Crippen molar-refractivity contribution in [3.63, 3.8) is 0 Å². The summed E-state index contributed by atoms with van der Waals surface area (Å²) in [5.41, 5.74) is 1.22. The Hall–Kier alpha value is -2.80. The minimum Gasteiger partial charge on any atom is -0.375 e. The quantitative estimate of drug-likeness (QED) is 0.661. The molecule has 1 aromatic carbocycles. The summed E-state index contributed by atoms with van der Waals surface area (Å²) in [6, 6.07) is 11.7. The van der Waals surface area contributed by atoms with Crippen LogP contribution in [0.15, 0.2) is 40.9 Å². The van der Waals surface area contributed by atoms with Crippen molar-refractivity contribution in [1.29, 1.82) is 0 Å². The highest BCUT2D eigenvalue weighted by Gasteiger charge is 2.41. The second-order valence-corrected chi connectivity index (χ2v) is 8.51. The minimum absolute atomic E-state index is 0.00398. The number of benzene rings is 1. The second kappa shape index (κ2) is 7.80. The number of likely N-dealkylation sites (tertiary alicyclic amines) is 1. The largest absolute Gasteiger partial charge is 0.375 e. The van der Waals surface area contributed by atoms with E-state index in [1.165, 1.54) is 0 Å². The number of piperidine rings is 1. The lowest BCUT2D eigenvalue weighted by Crippen LogP contribution is -2.51. The summed E-state index contributed by atoms with van der Waals surface area (Å²) in [6.45, 7) is 3.98. The Labute approximate surface area is 175 Å². The molecule has 0 saturated carbocycles. The van der Waals surface area contributed by atoms with Gasteiger partial charge in [0.15, 0.2) is 5.82 Å². The van der Waals surface area contributed by atoms with Gasteiger partial charge >= 0.3 is 0 Å². The first kappa shape index (κ1) is 19.2. The van der Waals surface area contributed by atoms with Crippen molar-refractivity contribution in [2.75, 3.05) is 19.7 Å². The van der Waals surface area contributed by atoms with Crippen LogP contribution in [0.4, 0.5) is 0 Å². The van der Waals surface area contributed by atoms with Crippen LogP contribution >= 0.6 is 0 Å². The SMILES string of the molecule is Cc1noc(C[C@H]2CCOC3(CCN(C(=O)c4ccc5ccccc5n4)CC3)C2)n1. The molecule has 2 fully saturated rings. The molecule has 2 aliphatic rings. The lowest BCUT2D eigenvalue weighted by atomic mass is 9.78. The van der Waals surface area contributed by atoms with E-state index < -0.39 is 0 Å². The maximum Gasteiger partial charge on any atom is 0.272 e. The van der Waals surface area contributed by atoms with E-state index in [-0.39, 0.29) is 11.5 Å². The molecule has 0 aliphatic carbocycles. The van der Waals surface area contributed by atoms with E-state index >= 15 is 0 Å². The molecule has 1 spiro atoms. The van der Waals surface area contributed by atoms with Gasteiger partial charge in [-0.15, -0.1) is 0 Å². The van der Waals surface area contributed by atoms with Gasteiger partial charge in [-0.2, -0.15) is 4.98 Å². The van der Waals surface area contributed by atoms with Crippen LogP contribution in [0.25, 0.3) is 10.9 Å². The maximum absolute atomic E-state index is 13.0. The molecule has 30 heavy (non-hydrogen) atoms. The molecule has 0 N–H and O–H groups in total. The van der Waals surface area contributed by atoms with Crippen molar-refractivity contribution >= 4 is 16.8 Å². The summed E-state index contributed by atoms with van der Waals surface area (Å²) in [6.07, 6.45) is 4.49. The fourth-order valence-electron chi connectivity index (χ4n) is 4.79. The monoisotopic (exact) mass is 406 g/mol. The number of aromatic nitrogens is 3. The third-order valence-electron chi connectivity index (χ3n) is 6.41. The number of nitrogens with zero attached hydrogens (tertiary/aromatic N) is 4. The van der Waals surface area contributed by atoms with E-state index in [2.05, 4.69) is 15.1 Å². The van der Waals surface area contributed by atoms with E-state index in [1.807, 2.05) is 48.2 Å². The predicted octanol–water partition coefficient (Wildman–Crippen LogP) is 3.57. The van der Waals surface area contributed by atoms with Crippen LogP contribution in [-0.4, -0.2) is 51.2 Å². The second-order valence-electron chi connectivity index (χ2n) is 8.51. The number of para-hydroxylation sites is 1. The standard InChI is InChI=1S/C23H26N4O3/c1-16-24-21(30-26-16)14-17-8-13-29-23(15-17)9-11-27(12-10-23)22(28)20-7-6-18-4-2-3-5-19(18)25-20/h2-7,17H,8-15H2,1H3/t17-/m1/s1. The first-order valence-corrected chi connectivity index (χ1v) is 10.7. The zero-order valence-corrected chi connectivity index (χ0v) is 17.2.